The highest BCUT2D eigenvalue weighted by molar-refractivity contribution is 5.68. The Morgan fingerprint density at radius 1 is 1.11 bits per heavy atom. The number of aromatic nitrogens is 3. The van der Waals surface area contributed by atoms with Gasteiger partial charge in [-0.3, -0.25) is 4.57 Å². The first-order valence-electron chi connectivity index (χ1n) is 12.6. The van der Waals surface area contributed by atoms with E-state index in [4.69, 9.17) is 14.2 Å². The Balaban J connectivity index is 1.12. The lowest BCUT2D eigenvalue weighted by Gasteiger charge is -2.25. The number of hydrogen-bond donors (Lipinski definition) is 1. The van der Waals surface area contributed by atoms with Crippen LogP contribution in [-0.4, -0.2) is 40.4 Å². The molecule has 0 saturated carbocycles. The maximum absolute atomic E-state index is 12.8. The highest BCUT2D eigenvalue weighted by Crippen LogP contribution is 2.31. The minimum atomic E-state index is -0.331. The minimum absolute atomic E-state index is 0.198. The van der Waals surface area contributed by atoms with Gasteiger partial charge in [0.1, 0.15) is 13.2 Å². The average molecular weight is 507 g/mol. The SMILES string of the molecule is O=c1nc(OCC2COc3ncccc3O2)cc2n1CCc1cc(C#CCNCc3ccccc3)ccc1-2. The molecule has 8 heteroatoms. The zero-order valence-corrected chi connectivity index (χ0v) is 20.7. The molecule has 0 amide bonds. The quantitative estimate of drug-likeness (QED) is 0.317. The van der Waals surface area contributed by atoms with Gasteiger partial charge in [0.05, 0.1) is 12.2 Å². The van der Waals surface area contributed by atoms with Crippen molar-refractivity contribution in [2.45, 2.75) is 25.6 Å². The lowest BCUT2D eigenvalue weighted by atomic mass is 9.95. The summed E-state index contributed by atoms with van der Waals surface area (Å²) in [5.41, 5.74) is 4.80. The fourth-order valence-corrected chi connectivity index (χ4v) is 4.59. The summed E-state index contributed by atoms with van der Waals surface area (Å²) in [7, 11) is 0. The molecule has 0 saturated heterocycles. The molecule has 190 valence electrons. The normalized spacial score (nSPS) is 15.0. The molecule has 2 aliphatic heterocycles. The van der Waals surface area contributed by atoms with E-state index in [1.807, 2.05) is 36.4 Å². The van der Waals surface area contributed by atoms with E-state index in [2.05, 4.69) is 45.3 Å². The van der Waals surface area contributed by atoms with Gasteiger partial charge in [0, 0.05) is 36.5 Å². The largest absolute Gasteiger partial charge is 0.478 e. The number of hydrogen-bond acceptors (Lipinski definition) is 7. The van der Waals surface area contributed by atoms with Gasteiger partial charge in [-0.2, -0.15) is 4.98 Å². The average Bonchev–Trinajstić information content (AvgIpc) is 2.96. The number of benzene rings is 2. The van der Waals surface area contributed by atoms with Gasteiger partial charge < -0.3 is 19.5 Å². The Morgan fingerprint density at radius 3 is 2.95 bits per heavy atom. The van der Waals surface area contributed by atoms with Gasteiger partial charge in [-0.1, -0.05) is 48.2 Å². The van der Waals surface area contributed by atoms with Crippen LogP contribution in [0, 0.1) is 11.8 Å². The van der Waals surface area contributed by atoms with Crippen molar-refractivity contribution in [2.75, 3.05) is 19.8 Å². The van der Waals surface area contributed by atoms with Crippen molar-refractivity contribution in [2.24, 2.45) is 0 Å². The van der Waals surface area contributed by atoms with Crippen LogP contribution in [0.2, 0.25) is 0 Å². The van der Waals surface area contributed by atoms with Crippen molar-refractivity contribution in [1.29, 1.82) is 0 Å². The minimum Gasteiger partial charge on any atom is -0.478 e. The lowest BCUT2D eigenvalue weighted by Crippen LogP contribution is -2.35. The molecule has 1 unspecified atom stereocenters. The highest BCUT2D eigenvalue weighted by Gasteiger charge is 2.24. The predicted molar refractivity (Wildman–Crippen MR) is 142 cm³/mol. The van der Waals surface area contributed by atoms with E-state index in [0.29, 0.717) is 31.3 Å². The first-order chi connectivity index (χ1) is 18.7. The van der Waals surface area contributed by atoms with Crippen molar-refractivity contribution in [3.05, 3.63) is 100 Å². The van der Waals surface area contributed by atoms with Gasteiger partial charge in [0.15, 0.2) is 11.9 Å². The summed E-state index contributed by atoms with van der Waals surface area (Å²) in [6, 6.07) is 21.8. The maximum atomic E-state index is 12.8. The van der Waals surface area contributed by atoms with Crippen molar-refractivity contribution >= 4 is 0 Å². The van der Waals surface area contributed by atoms with Crippen LogP contribution in [0.3, 0.4) is 0 Å². The smallest absolute Gasteiger partial charge is 0.351 e. The Kier molecular flexibility index (Phi) is 6.75. The second-order valence-corrected chi connectivity index (χ2v) is 9.10. The number of nitrogens with one attached hydrogen (secondary N) is 1. The molecule has 1 atom stereocenters. The zero-order valence-electron chi connectivity index (χ0n) is 20.7. The van der Waals surface area contributed by atoms with Crippen molar-refractivity contribution in [3.63, 3.8) is 0 Å². The summed E-state index contributed by atoms with van der Waals surface area (Å²) in [6.07, 6.45) is 2.07. The molecule has 2 aromatic heterocycles. The van der Waals surface area contributed by atoms with E-state index in [9.17, 15) is 4.79 Å². The maximum Gasteiger partial charge on any atom is 0.351 e. The molecule has 1 N–H and O–H groups in total. The van der Waals surface area contributed by atoms with Gasteiger partial charge in [0.25, 0.3) is 5.88 Å². The molecule has 0 aliphatic carbocycles. The molecule has 0 fully saturated rings. The van der Waals surface area contributed by atoms with Gasteiger partial charge >= 0.3 is 5.69 Å². The highest BCUT2D eigenvalue weighted by atomic mass is 16.6. The Morgan fingerprint density at radius 2 is 2.03 bits per heavy atom. The van der Waals surface area contributed by atoms with Crippen LogP contribution in [0.25, 0.3) is 11.3 Å². The fraction of sp³-hybridized carbons (Fsp3) is 0.233. The summed E-state index contributed by atoms with van der Waals surface area (Å²) in [6.45, 7) is 2.46. The Labute approximate surface area is 220 Å². The van der Waals surface area contributed by atoms with E-state index in [1.165, 1.54) is 5.56 Å². The predicted octanol–water partition coefficient (Wildman–Crippen LogP) is 3.22. The molecule has 38 heavy (non-hydrogen) atoms. The van der Waals surface area contributed by atoms with E-state index in [-0.39, 0.29) is 24.3 Å². The van der Waals surface area contributed by atoms with Gasteiger partial charge in [0.2, 0.25) is 5.88 Å². The fourth-order valence-electron chi connectivity index (χ4n) is 4.59. The van der Waals surface area contributed by atoms with Crippen molar-refractivity contribution in [1.82, 2.24) is 19.9 Å². The number of nitrogens with zero attached hydrogens (tertiary/aromatic N) is 3. The molecule has 0 bridgehead atoms. The Bertz CT molecular complexity index is 1570. The molecular weight excluding hydrogens is 480 g/mol. The number of pyridine rings is 1. The van der Waals surface area contributed by atoms with Crippen LogP contribution in [-0.2, 0) is 19.5 Å². The second kappa shape index (κ2) is 10.8. The van der Waals surface area contributed by atoms with Crippen LogP contribution in [0.4, 0.5) is 0 Å². The topological polar surface area (TPSA) is 87.5 Å². The van der Waals surface area contributed by atoms with Crippen LogP contribution in [0.1, 0.15) is 16.7 Å². The van der Waals surface area contributed by atoms with Gasteiger partial charge in [-0.25, -0.2) is 9.78 Å². The third kappa shape index (κ3) is 5.24. The van der Waals surface area contributed by atoms with Gasteiger partial charge in [-0.05, 0) is 41.8 Å². The van der Waals surface area contributed by atoms with Crippen LogP contribution in [0.5, 0.6) is 17.5 Å². The molecule has 4 aromatic rings. The number of fused-ring (bicyclic) bond motifs is 4. The molecule has 2 aliphatic rings. The first-order valence-corrected chi connectivity index (χ1v) is 12.6. The third-order valence-electron chi connectivity index (χ3n) is 6.44. The van der Waals surface area contributed by atoms with E-state index < -0.39 is 0 Å². The van der Waals surface area contributed by atoms with Crippen molar-refractivity contribution < 1.29 is 14.2 Å². The van der Waals surface area contributed by atoms with Crippen LogP contribution in [0.15, 0.2) is 77.7 Å². The lowest BCUT2D eigenvalue weighted by molar-refractivity contribution is 0.0486. The summed E-state index contributed by atoms with van der Waals surface area (Å²) in [5.74, 6) is 7.75. The number of aryl methyl sites for hydroxylation is 1. The summed E-state index contributed by atoms with van der Waals surface area (Å²) < 4.78 is 19.1. The summed E-state index contributed by atoms with van der Waals surface area (Å²) in [5, 5.41) is 3.35. The van der Waals surface area contributed by atoms with Crippen LogP contribution < -0.4 is 25.2 Å². The zero-order chi connectivity index (χ0) is 25.7. The monoisotopic (exact) mass is 506 g/mol. The van der Waals surface area contributed by atoms with Gasteiger partial charge in [-0.15, -0.1) is 0 Å². The Hall–Kier alpha value is -4.61. The van der Waals surface area contributed by atoms with E-state index in [0.717, 1.165) is 35.3 Å². The molecule has 8 nitrogen and oxygen atoms in total. The summed E-state index contributed by atoms with van der Waals surface area (Å²) in [4.78, 5) is 21.0. The van der Waals surface area contributed by atoms with E-state index in [1.54, 1.807) is 22.9 Å². The third-order valence-corrected chi connectivity index (χ3v) is 6.44. The number of rotatable bonds is 6. The first kappa shape index (κ1) is 23.8. The molecule has 6 rings (SSSR count). The molecule has 0 radical (unpaired) electrons. The number of ether oxygens (including phenoxy) is 3. The molecular formula is C30H26N4O4. The molecule has 2 aromatic carbocycles. The molecule has 0 spiro atoms. The summed E-state index contributed by atoms with van der Waals surface area (Å²) >= 11 is 0. The van der Waals surface area contributed by atoms with Crippen molar-refractivity contribution in [3.8, 4) is 40.6 Å². The molecule has 4 heterocycles. The standard InChI is InChI=1S/C30H26N4O4/c35-30-33-28(36-19-24-20-37-29-27(38-24)9-5-14-32-29)17-26-25-11-10-21(16-23(25)12-15-34(26)30)8-4-13-31-18-22-6-2-1-3-7-22/h1-3,5-7,9-11,14,16-17,24,31H,12-13,15,18-20H2. The van der Waals surface area contributed by atoms with Crippen LogP contribution >= 0.6 is 0 Å². The van der Waals surface area contributed by atoms with E-state index >= 15 is 0 Å². The second-order valence-electron chi connectivity index (χ2n) is 9.10.